The van der Waals surface area contributed by atoms with Gasteiger partial charge in [-0.05, 0) is 19.1 Å². The molecule has 0 aromatic carbocycles. The van der Waals surface area contributed by atoms with Gasteiger partial charge in [0.25, 0.3) is 0 Å². The molecule has 62 valence electrons. The van der Waals surface area contributed by atoms with E-state index < -0.39 is 0 Å². The minimum absolute atomic E-state index is 0.505. The molecule has 2 nitrogen and oxygen atoms in total. The maximum Gasteiger partial charge on any atom is 0.123 e. The van der Waals surface area contributed by atoms with Gasteiger partial charge in [-0.3, -0.25) is 4.99 Å². The minimum Gasteiger partial charge on any atom is -0.392 e. The van der Waals surface area contributed by atoms with Gasteiger partial charge in [-0.1, -0.05) is 17.7 Å². The molecule has 0 unspecified atom stereocenters. The lowest BCUT2D eigenvalue weighted by Gasteiger charge is -1.93. The van der Waals surface area contributed by atoms with E-state index in [1.54, 1.807) is 13.1 Å². The number of allylic oxidation sites excluding steroid dienone is 4. The molecular formula is C8H13ClN2. The third kappa shape index (κ3) is 5.67. The fourth-order valence-electron chi connectivity index (χ4n) is 0.430. The van der Waals surface area contributed by atoms with Crippen LogP contribution in [-0.4, -0.2) is 19.3 Å². The van der Waals surface area contributed by atoms with Crippen LogP contribution < -0.4 is 5.32 Å². The Labute approximate surface area is 72.7 Å². The molecule has 3 heteroatoms. The standard InChI is InChI=1S/C8H13ClN2/c1-7(10-2)5-4-6-8(9)11-3/h4-6,10H,1-3H3/b6-4+,7-5-,11-8?. The van der Waals surface area contributed by atoms with E-state index in [9.17, 15) is 0 Å². The van der Waals surface area contributed by atoms with Crippen LogP contribution in [0.15, 0.2) is 28.9 Å². The Morgan fingerprint density at radius 2 is 2.18 bits per heavy atom. The molecule has 0 aliphatic heterocycles. The topological polar surface area (TPSA) is 24.4 Å². The summed E-state index contributed by atoms with van der Waals surface area (Å²) in [5.41, 5.74) is 1.09. The van der Waals surface area contributed by atoms with E-state index in [4.69, 9.17) is 11.6 Å². The first-order valence-electron chi connectivity index (χ1n) is 3.35. The van der Waals surface area contributed by atoms with Crippen molar-refractivity contribution >= 4 is 16.8 Å². The van der Waals surface area contributed by atoms with Gasteiger partial charge in [0.2, 0.25) is 0 Å². The van der Waals surface area contributed by atoms with Gasteiger partial charge in [0, 0.05) is 19.8 Å². The largest absolute Gasteiger partial charge is 0.392 e. The molecule has 0 rings (SSSR count). The van der Waals surface area contributed by atoms with Crippen LogP contribution in [0.2, 0.25) is 0 Å². The first kappa shape index (κ1) is 10.2. The van der Waals surface area contributed by atoms with Crippen molar-refractivity contribution in [1.82, 2.24) is 5.32 Å². The first-order valence-corrected chi connectivity index (χ1v) is 3.73. The molecule has 0 atom stereocenters. The van der Waals surface area contributed by atoms with E-state index >= 15 is 0 Å². The Bertz CT molecular complexity index is 192. The van der Waals surface area contributed by atoms with E-state index in [1.807, 2.05) is 26.1 Å². The van der Waals surface area contributed by atoms with Crippen molar-refractivity contribution in [1.29, 1.82) is 0 Å². The second-order valence-corrected chi connectivity index (χ2v) is 2.39. The van der Waals surface area contributed by atoms with Crippen molar-refractivity contribution in [3.8, 4) is 0 Å². The summed E-state index contributed by atoms with van der Waals surface area (Å²) in [6, 6.07) is 0. The van der Waals surface area contributed by atoms with E-state index in [1.165, 1.54) is 0 Å². The van der Waals surface area contributed by atoms with Gasteiger partial charge in [-0.2, -0.15) is 0 Å². The summed E-state index contributed by atoms with van der Waals surface area (Å²) in [6.45, 7) is 1.97. The minimum atomic E-state index is 0.505. The predicted octanol–water partition coefficient (Wildman–Crippen LogP) is 1.93. The van der Waals surface area contributed by atoms with Gasteiger partial charge in [-0.25, -0.2) is 0 Å². The highest BCUT2D eigenvalue weighted by Crippen LogP contribution is 1.90. The monoisotopic (exact) mass is 172 g/mol. The normalized spacial score (nSPS) is 14.2. The van der Waals surface area contributed by atoms with Crippen LogP contribution in [0.1, 0.15) is 6.92 Å². The average molecular weight is 173 g/mol. The van der Waals surface area contributed by atoms with Crippen LogP contribution >= 0.6 is 11.6 Å². The zero-order valence-corrected chi connectivity index (χ0v) is 7.81. The van der Waals surface area contributed by atoms with Gasteiger partial charge in [0.05, 0.1) is 0 Å². The van der Waals surface area contributed by atoms with Crippen molar-refractivity contribution < 1.29 is 0 Å². The maximum atomic E-state index is 5.61. The molecule has 0 aromatic heterocycles. The summed E-state index contributed by atoms with van der Waals surface area (Å²) in [7, 11) is 3.52. The maximum absolute atomic E-state index is 5.61. The molecule has 11 heavy (non-hydrogen) atoms. The molecule has 1 N–H and O–H groups in total. The van der Waals surface area contributed by atoms with E-state index in [2.05, 4.69) is 10.3 Å². The number of hydrogen-bond acceptors (Lipinski definition) is 2. The highest BCUT2D eigenvalue weighted by Gasteiger charge is 1.80. The number of nitrogens with zero attached hydrogens (tertiary/aromatic N) is 1. The summed E-state index contributed by atoms with van der Waals surface area (Å²) in [6.07, 6.45) is 5.51. The molecule has 0 aliphatic rings. The van der Waals surface area contributed by atoms with Gasteiger partial charge in [0.15, 0.2) is 0 Å². The van der Waals surface area contributed by atoms with E-state index in [0.29, 0.717) is 5.17 Å². The van der Waals surface area contributed by atoms with E-state index in [0.717, 1.165) is 5.70 Å². The SMILES string of the molecule is CN=C(Cl)/C=C/C=C(/C)NC. The molecule has 0 bridgehead atoms. The Balaban J connectivity index is 3.96. The van der Waals surface area contributed by atoms with Crippen molar-refractivity contribution in [3.63, 3.8) is 0 Å². The molecule has 0 saturated carbocycles. The quantitative estimate of drug-likeness (QED) is 0.511. The third-order valence-electron chi connectivity index (χ3n) is 1.19. The smallest absolute Gasteiger partial charge is 0.123 e. The number of rotatable bonds is 3. The number of halogens is 1. The van der Waals surface area contributed by atoms with Crippen LogP contribution in [0, 0.1) is 0 Å². The van der Waals surface area contributed by atoms with Crippen LogP contribution in [-0.2, 0) is 0 Å². The zero-order valence-electron chi connectivity index (χ0n) is 7.06. The summed E-state index contributed by atoms with van der Waals surface area (Å²) >= 11 is 5.61. The predicted molar refractivity (Wildman–Crippen MR) is 51.2 cm³/mol. The average Bonchev–Trinajstić information content (AvgIpc) is 2.04. The van der Waals surface area contributed by atoms with Crippen molar-refractivity contribution in [2.75, 3.05) is 14.1 Å². The van der Waals surface area contributed by atoms with Gasteiger partial charge in [0.1, 0.15) is 5.17 Å². The van der Waals surface area contributed by atoms with Crippen LogP contribution in [0.5, 0.6) is 0 Å². The molecule has 0 spiro atoms. The fraction of sp³-hybridized carbons (Fsp3) is 0.375. The summed E-state index contributed by atoms with van der Waals surface area (Å²) < 4.78 is 0. The first-order chi connectivity index (χ1) is 5.20. The van der Waals surface area contributed by atoms with E-state index in [-0.39, 0.29) is 0 Å². The zero-order chi connectivity index (χ0) is 8.69. The summed E-state index contributed by atoms with van der Waals surface area (Å²) in [4.78, 5) is 3.76. The number of aliphatic imine (C=N–C) groups is 1. The fourth-order valence-corrected chi connectivity index (χ4v) is 0.502. The highest BCUT2D eigenvalue weighted by atomic mass is 35.5. The summed E-state index contributed by atoms with van der Waals surface area (Å²) in [5, 5.41) is 3.49. The molecule has 0 amide bonds. The lowest BCUT2D eigenvalue weighted by molar-refractivity contribution is 0.990. The van der Waals surface area contributed by atoms with Gasteiger partial charge < -0.3 is 5.32 Å². The molecule has 0 saturated heterocycles. The Kier molecular flexibility index (Phi) is 5.57. The highest BCUT2D eigenvalue weighted by molar-refractivity contribution is 6.68. The Morgan fingerprint density at radius 3 is 2.64 bits per heavy atom. The molecular weight excluding hydrogens is 160 g/mol. The van der Waals surface area contributed by atoms with Gasteiger partial charge >= 0.3 is 0 Å². The second-order valence-electron chi connectivity index (χ2n) is 2.01. The van der Waals surface area contributed by atoms with Crippen LogP contribution in [0.3, 0.4) is 0 Å². The Hall–Kier alpha value is -0.760. The van der Waals surface area contributed by atoms with Gasteiger partial charge in [-0.15, -0.1) is 0 Å². The van der Waals surface area contributed by atoms with Crippen LogP contribution in [0.25, 0.3) is 0 Å². The van der Waals surface area contributed by atoms with Crippen molar-refractivity contribution in [2.45, 2.75) is 6.92 Å². The number of hydrogen-bond donors (Lipinski definition) is 1. The molecule has 0 fully saturated rings. The lowest BCUT2D eigenvalue weighted by Crippen LogP contribution is -2.00. The third-order valence-corrected chi connectivity index (χ3v) is 1.48. The molecule has 0 aromatic rings. The van der Waals surface area contributed by atoms with Crippen LogP contribution in [0.4, 0.5) is 0 Å². The summed E-state index contributed by atoms with van der Waals surface area (Å²) in [5.74, 6) is 0. The molecule has 0 heterocycles. The number of nitrogens with one attached hydrogen (secondary N) is 1. The second kappa shape index (κ2) is 5.98. The Morgan fingerprint density at radius 1 is 1.55 bits per heavy atom. The molecule has 0 radical (unpaired) electrons. The van der Waals surface area contributed by atoms with Crippen molar-refractivity contribution in [2.24, 2.45) is 4.99 Å². The molecule has 0 aliphatic carbocycles. The lowest BCUT2D eigenvalue weighted by atomic mass is 10.4. The van der Waals surface area contributed by atoms with Crippen molar-refractivity contribution in [3.05, 3.63) is 23.9 Å².